The van der Waals surface area contributed by atoms with Crippen LogP contribution in [-0.4, -0.2) is 26.9 Å². The highest BCUT2D eigenvalue weighted by Gasteiger charge is 2.26. The molecule has 1 aromatic rings. The van der Waals surface area contributed by atoms with E-state index in [0.717, 1.165) is 18.1 Å². The van der Waals surface area contributed by atoms with E-state index >= 15 is 0 Å². The molecule has 0 aliphatic heterocycles. The van der Waals surface area contributed by atoms with Gasteiger partial charge in [0.25, 0.3) is 0 Å². The topological polar surface area (TPSA) is 53.6 Å². The van der Waals surface area contributed by atoms with Gasteiger partial charge in [-0.2, -0.15) is 5.26 Å². The van der Waals surface area contributed by atoms with Crippen LogP contribution in [0.1, 0.15) is 27.2 Å². The largest absolute Gasteiger partial charge is 0.329 e. The van der Waals surface area contributed by atoms with E-state index in [0.29, 0.717) is 5.25 Å². The molecule has 1 heterocycles. The lowest BCUT2D eigenvalue weighted by atomic mass is 9.98. The molecule has 0 saturated carbocycles. The first kappa shape index (κ1) is 14.1. The lowest BCUT2D eigenvalue weighted by Crippen LogP contribution is -2.42. The van der Waals surface area contributed by atoms with Crippen molar-refractivity contribution in [3.63, 3.8) is 0 Å². The Kier molecular flexibility index (Phi) is 5.03. The lowest BCUT2D eigenvalue weighted by molar-refractivity contribution is 0.429. The van der Waals surface area contributed by atoms with Gasteiger partial charge in [0.05, 0.1) is 6.07 Å². The molecular formula is C12H20N4S. The van der Waals surface area contributed by atoms with Gasteiger partial charge >= 0.3 is 0 Å². The van der Waals surface area contributed by atoms with Crippen LogP contribution in [0.5, 0.6) is 0 Å². The first-order valence-corrected chi connectivity index (χ1v) is 6.69. The van der Waals surface area contributed by atoms with Gasteiger partial charge in [-0.15, -0.1) is 0 Å². The maximum Gasteiger partial charge on any atom is 0.167 e. The van der Waals surface area contributed by atoms with Crippen molar-refractivity contribution in [3.05, 3.63) is 12.4 Å². The zero-order chi connectivity index (χ0) is 12.9. The van der Waals surface area contributed by atoms with Gasteiger partial charge in [0.15, 0.2) is 5.16 Å². The maximum atomic E-state index is 9.20. The third-order valence-electron chi connectivity index (χ3n) is 2.59. The first-order chi connectivity index (χ1) is 8.00. The van der Waals surface area contributed by atoms with Crippen LogP contribution in [0.2, 0.25) is 0 Å². The maximum absolute atomic E-state index is 9.20. The van der Waals surface area contributed by atoms with Gasteiger partial charge in [0.1, 0.15) is 5.54 Å². The Labute approximate surface area is 107 Å². The molecule has 0 aromatic carbocycles. The smallest absolute Gasteiger partial charge is 0.167 e. The zero-order valence-corrected chi connectivity index (χ0v) is 11.7. The van der Waals surface area contributed by atoms with Gasteiger partial charge in [0, 0.05) is 24.7 Å². The summed E-state index contributed by atoms with van der Waals surface area (Å²) in [6.07, 6.45) is 4.53. The SMILES string of the molecule is CCNC(C)(C#N)CC(C)Sc1nccn1C. The van der Waals surface area contributed by atoms with Gasteiger partial charge in [-0.1, -0.05) is 25.6 Å². The van der Waals surface area contributed by atoms with Gasteiger partial charge in [0.2, 0.25) is 0 Å². The summed E-state index contributed by atoms with van der Waals surface area (Å²) in [6, 6.07) is 2.35. The van der Waals surface area contributed by atoms with Gasteiger partial charge in [-0.3, -0.25) is 5.32 Å². The van der Waals surface area contributed by atoms with Crippen LogP contribution >= 0.6 is 11.8 Å². The molecule has 5 heteroatoms. The molecule has 0 fully saturated rings. The third kappa shape index (κ3) is 4.06. The second-order valence-corrected chi connectivity index (χ2v) is 5.83. The molecule has 4 nitrogen and oxygen atoms in total. The summed E-state index contributed by atoms with van der Waals surface area (Å²) in [7, 11) is 1.98. The van der Waals surface area contributed by atoms with Crippen LogP contribution in [-0.2, 0) is 7.05 Å². The highest BCUT2D eigenvalue weighted by molar-refractivity contribution is 7.99. The Bertz CT molecular complexity index is 395. The normalized spacial score (nSPS) is 16.2. The van der Waals surface area contributed by atoms with Crippen LogP contribution in [0.25, 0.3) is 0 Å². The van der Waals surface area contributed by atoms with Crippen LogP contribution in [0, 0.1) is 11.3 Å². The predicted molar refractivity (Wildman–Crippen MR) is 70.8 cm³/mol. The molecule has 0 spiro atoms. The van der Waals surface area contributed by atoms with Crippen molar-refractivity contribution in [2.45, 2.75) is 43.1 Å². The predicted octanol–water partition coefficient (Wildman–Crippen LogP) is 2.18. The van der Waals surface area contributed by atoms with Crippen molar-refractivity contribution >= 4 is 11.8 Å². The molecule has 0 aliphatic rings. The van der Waals surface area contributed by atoms with Crippen molar-refractivity contribution in [2.75, 3.05) is 6.54 Å². The standard InChI is InChI=1S/C12H20N4S/c1-5-15-12(3,9-13)8-10(2)17-11-14-6-7-16(11)4/h6-7,10,15H,5,8H2,1-4H3. The van der Waals surface area contributed by atoms with Crippen molar-refractivity contribution in [1.82, 2.24) is 14.9 Å². The fraction of sp³-hybridized carbons (Fsp3) is 0.667. The van der Waals surface area contributed by atoms with E-state index in [1.165, 1.54) is 0 Å². The first-order valence-electron chi connectivity index (χ1n) is 5.81. The third-order valence-corrected chi connectivity index (χ3v) is 3.77. The number of aromatic nitrogens is 2. The molecule has 0 bridgehead atoms. The molecule has 0 saturated heterocycles. The van der Waals surface area contributed by atoms with Crippen molar-refractivity contribution in [3.8, 4) is 6.07 Å². The Balaban J connectivity index is 2.57. The summed E-state index contributed by atoms with van der Waals surface area (Å²) in [6.45, 7) is 6.91. The number of nitrogens with one attached hydrogen (secondary N) is 1. The number of nitrogens with zero attached hydrogens (tertiary/aromatic N) is 3. The van der Waals surface area contributed by atoms with Gasteiger partial charge in [-0.05, 0) is 19.9 Å². The summed E-state index contributed by atoms with van der Waals surface area (Å²) in [5.41, 5.74) is -0.452. The Morgan fingerprint density at radius 2 is 2.41 bits per heavy atom. The molecule has 2 unspecified atom stereocenters. The van der Waals surface area contributed by atoms with Crippen molar-refractivity contribution in [1.29, 1.82) is 5.26 Å². The molecule has 1 aromatic heterocycles. The van der Waals surface area contributed by atoms with Crippen LogP contribution in [0.4, 0.5) is 0 Å². The quantitative estimate of drug-likeness (QED) is 0.788. The summed E-state index contributed by atoms with van der Waals surface area (Å²) in [5, 5.41) is 13.8. The molecular weight excluding hydrogens is 232 g/mol. The highest BCUT2D eigenvalue weighted by atomic mass is 32.2. The zero-order valence-electron chi connectivity index (χ0n) is 10.9. The molecule has 1 rings (SSSR count). The minimum atomic E-state index is -0.452. The summed E-state index contributed by atoms with van der Waals surface area (Å²) >= 11 is 1.71. The van der Waals surface area contributed by atoms with Gasteiger partial charge in [-0.25, -0.2) is 4.98 Å². The minimum absolute atomic E-state index is 0.347. The fourth-order valence-electron chi connectivity index (χ4n) is 1.81. The summed E-state index contributed by atoms with van der Waals surface area (Å²) < 4.78 is 2.00. The van der Waals surface area contributed by atoms with E-state index in [2.05, 4.69) is 23.3 Å². The summed E-state index contributed by atoms with van der Waals surface area (Å²) in [5.74, 6) is 0. The van der Waals surface area contributed by atoms with E-state index in [1.54, 1.807) is 18.0 Å². The lowest BCUT2D eigenvalue weighted by Gasteiger charge is -2.25. The molecule has 2 atom stereocenters. The number of thioether (sulfide) groups is 1. The molecule has 0 amide bonds. The fourth-order valence-corrected chi connectivity index (χ4v) is 2.93. The van der Waals surface area contributed by atoms with Gasteiger partial charge < -0.3 is 4.57 Å². The van der Waals surface area contributed by atoms with E-state index in [4.69, 9.17) is 0 Å². The van der Waals surface area contributed by atoms with E-state index in [1.807, 2.05) is 31.7 Å². The molecule has 1 N–H and O–H groups in total. The minimum Gasteiger partial charge on any atom is -0.329 e. The number of rotatable bonds is 6. The van der Waals surface area contributed by atoms with Crippen LogP contribution in [0.15, 0.2) is 17.6 Å². The monoisotopic (exact) mass is 252 g/mol. The Morgan fingerprint density at radius 1 is 1.71 bits per heavy atom. The molecule has 17 heavy (non-hydrogen) atoms. The number of imidazole rings is 1. The second-order valence-electron chi connectivity index (χ2n) is 4.43. The summed E-state index contributed by atoms with van der Waals surface area (Å²) in [4.78, 5) is 4.28. The Morgan fingerprint density at radius 3 is 2.88 bits per heavy atom. The number of aryl methyl sites for hydroxylation is 1. The molecule has 0 radical (unpaired) electrons. The van der Waals surface area contributed by atoms with Crippen molar-refractivity contribution < 1.29 is 0 Å². The van der Waals surface area contributed by atoms with Crippen LogP contribution in [0.3, 0.4) is 0 Å². The van der Waals surface area contributed by atoms with E-state index in [9.17, 15) is 5.26 Å². The van der Waals surface area contributed by atoms with Crippen LogP contribution < -0.4 is 5.32 Å². The number of hydrogen-bond donors (Lipinski definition) is 1. The number of nitriles is 1. The van der Waals surface area contributed by atoms with E-state index < -0.39 is 5.54 Å². The highest BCUT2D eigenvalue weighted by Crippen LogP contribution is 2.26. The molecule has 0 aliphatic carbocycles. The van der Waals surface area contributed by atoms with Crippen molar-refractivity contribution in [2.24, 2.45) is 7.05 Å². The van der Waals surface area contributed by atoms with E-state index in [-0.39, 0.29) is 0 Å². The average molecular weight is 252 g/mol. The molecule has 94 valence electrons. The second kappa shape index (κ2) is 6.08. The number of hydrogen-bond acceptors (Lipinski definition) is 4. The Hall–Kier alpha value is -0.990. The average Bonchev–Trinajstić information content (AvgIpc) is 2.64.